The molecule has 2 N–H and O–H groups in total. The fourth-order valence-corrected chi connectivity index (χ4v) is 1.14. The van der Waals surface area contributed by atoms with Gasteiger partial charge in [0.05, 0.1) is 13.2 Å². The highest BCUT2D eigenvalue weighted by molar-refractivity contribution is 5.29. The molecule has 0 saturated heterocycles. The van der Waals surface area contributed by atoms with Crippen LogP contribution in [-0.2, 0) is 0 Å². The fraction of sp³-hybridized carbons (Fsp3) is 0.455. The van der Waals surface area contributed by atoms with Crippen molar-refractivity contribution in [3.63, 3.8) is 0 Å². The van der Waals surface area contributed by atoms with Crippen LogP contribution in [0.2, 0.25) is 0 Å². The number of ether oxygens (including phenoxy) is 1. The van der Waals surface area contributed by atoms with Gasteiger partial charge < -0.3 is 14.9 Å². The van der Waals surface area contributed by atoms with Crippen LogP contribution in [0.4, 0.5) is 0 Å². The first-order valence-electron chi connectivity index (χ1n) is 4.79. The first-order valence-corrected chi connectivity index (χ1v) is 4.79. The van der Waals surface area contributed by atoms with Gasteiger partial charge in [-0.3, -0.25) is 0 Å². The Balaban J connectivity index is 2.68. The van der Waals surface area contributed by atoms with Crippen LogP contribution in [-0.4, -0.2) is 23.4 Å². The molecule has 78 valence electrons. The van der Waals surface area contributed by atoms with Crippen LogP contribution in [0.5, 0.6) is 5.75 Å². The highest BCUT2D eigenvalue weighted by atomic mass is 16.5. The molecule has 0 radical (unpaired) electrons. The fourth-order valence-electron chi connectivity index (χ4n) is 1.14. The number of benzene rings is 1. The van der Waals surface area contributed by atoms with Crippen LogP contribution in [0.25, 0.3) is 0 Å². The van der Waals surface area contributed by atoms with Gasteiger partial charge in [0.25, 0.3) is 0 Å². The first-order chi connectivity index (χ1) is 6.77. The third-order valence-electron chi connectivity index (χ3n) is 1.89. The van der Waals surface area contributed by atoms with Gasteiger partial charge in [-0.25, -0.2) is 0 Å². The molecule has 0 aliphatic rings. The van der Waals surface area contributed by atoms with E-state index in [1.165, 1.54) is 0 Å². The van der Waals surface area contributed by atoms with Crippen molar-refractivity contribution in [3.8, 4) is 5.75 Å². The lowest BCUT2D eigenvalue weighted by Crippen LogP contribution is -2.03. The van der Waals surface area contributed by atoms with Crippen molar-refractivity contribution in [2.24, 2.45) is 0 Å². The third kappa shape index (κ3) is 3.01. The number of aliphatic hydroxyl groups excluding tert-OH is 2. The Kier molecular flexibility index (Phi) is 4.43. The summed E-state index contributed by atoms with van der Waals surface area (Å²) in [5.74, 6) is 0.733. The van der Waals surface area contributed by atoms with Gasteiger partial charge in [-0.15, -0.1) is 0 Å². The molecule has 0 bridgehead atoms. The number of hydrogen-bond acceptors (Lipinski definition) is 3. The Bertz CT molecular complexity index is 273. The number of hydrogen-bond donors (Lipinski definition) is 2. The summed E-state index contributed by atoms with van der Waals surface area (Å²) in [5.41, 5.74) is 0.682. The summed E-state index contributed by atoms with van der Waals surface area (Å²) in [4.78, 5) is 0. The van der Waals surface area contributed by atoms with Crippen LogP contribution in [0.15, 0.2) is 24.3 Å². The third-order valence-corrected chi connectivity index (χ3v) is 1.89. The van der Waals surface area contributed by atoms with E-state index in [4.69, 9.17) is 9.84 Å². The molecule has 0 aliphatic heterocycles. The van der Waals surface area contributed by atoms with Gasteiger partial charge in [-0.05, 0) is 24.1 Å². The number of aliphatic hydroxyl groups is 2. The minimum atomic E-state index is -0.819. The Morgan fingerprint density at radius 1 is 1.43 bits per heavy atom. The van der Waals surface area contributed by atoms with Crippen LogP contribution in [0.1, 0.15) is 25.0 Å². The lowest BCUT2D eigenvalue weighted by atomic mass is 10.1. The second-order valence-electron chi connectivity index (χ2n) is 3.12. The van der Waals surface area contributed by atoms with Crippen LogP contribution >= 0.6 is 0 Å². The van der Waals surface area contributed by atoms with Crippen molar-refractivity contribution in [2.45, 2.75) is 19.4 Å². The van der Waals surface area contributed by atoms with Crippen LogP contribution in [0.3, 0.4) is 0 Å². The van der Waals surface area contributed by atoms with E-state index in [1.807, 2.05) is 13.0 Å². The molecule has 0 aromatic heterocycles. The van der Waals surface area contributed by atoms with Gasteiger partial charge in [-0.2, -0.15) is 0 Å². The van der Waals surface area contributed by atoms with Crippen molar-refractivity contribution in [3.05, 3.63) is 29.8 Å². The summed E-state index contributed by atoms with van der Waals surface area (Å²) in [6.45, 7) is 2.43. The zero-order chi connectivity index (χ0) is 10.4. The molecule has 0 saturated carbocycles. The maximum absolute atomic E-state index is 9.37. The van der Waals surface area contributed by atoms with E-state index < -0.39 is 6.10 Å². The quantitative estimate of drug-likeness (QED) is 0.750. The predicted octanol–water partition coefficient (Wildman–Crippen LogP) is 1.50. The van der Waals surface area contributed by atoms with Gasteiger partial charge in [0.1, 0.15) is 11.9 Å². The summed E-state index contributed by atoms with van der Waals surface area (Å²) in [6, 6.07) is 7.15. The van der Waals surface area contributed by atoms with Gasteiger partial charge in [0.15, 0.2) is 0 Å². The maximum atomic E-state index is 9.37. The molecule has 0 aliphatic carbocycles. The molecule has 0 amide bonds. The summed E-state index contributed by atoms with van der Waals surface area (Å²) < 4.78 is 5.40. The summed E-state index contributed by atoms with van der Waals surface area (Å²) in [7, 11) is 0. The molecule has 3 heteroatoms. The SMILES string of the molecule is CCCOc1cccc(C(O)CO)c1. The van der Waals surface area contributed by atoms with Crippen molar-refractivity contribution in [1.29, 1.82) is 0 Å². The standard InChI is InChI=1S/C11H16O3/c1-2-6-14-10-5-3-4-9(7-10)11(13)8-12/h3-5,7,11-13H,2,6,8H2,1H3. The van der Waals surface area contributed by atoms with Crippen LogP contribution in [0, 0.1) is 0 Å². The Hall–Kier alpha value is -1.06. The maximum Gasteiger partial charge on any atom is 0.119 e. The molecular formula is C11H16O3. The van der Waals surface area contributed by atoms with Gasteiger partial charge in [0.2, 0.25) is 0 Å². The largest absolute Gasteiger partial charge is 0.494 e. The van der Waals surface area contributed by atoms with Gasteiger partial charge >= 0.3 is 0 Å². The monoisotopic (exact) mass is 196 g/mol. The molecule has 1 aromatic rings. The highest BCUT2D eigenvalue weighted by Crippen LogP contribution is 2.18. The van der Waals surface area contributed by atoms with Crippen molar-refractivity contribution >= 4 is 0 Å². The average Bonchev–Trinajstić information content (AvgIpc) is 2.25. The minimum absolute atomic E-state index is 0.267. The normalized spacial score (nSPS) is 12.5. The van der Waals surface area contributed by atoms with E-state index in [0.717, 1.165) is 12.2 Å². The lowest BCUT2D eigenvalue weighted by Gasteiger charge is -2.10. The van der Waals surface area contributed by atoms with Gasteiger partial charge in [0, 0.05) is 0 Å². The molecule has 0 spiro atoms. The van der Waals surface area contributed by atoms with Gasteiger partial charge in [-0.1, -0.05) is 19.1 Å². The number of rotatable bonds is 5. The average molecular weight is 196 g/mol. The van der Waals surface area contributed by atoms with Crippen molar-refractivity contribution in [2.75, 3.05) is 13.2 Å². The zero-order valence-electron chi connectivity index (χ0n) is 8.31. The lowest BCUT2D eigenvalue weighted by molar-refractivity contribution is 0.0953. The van der Waals surface area contributed by atoms with Crippen molar-refractivity contribution in [1.82, 2.24) is 0 Å². The molecule has 0 heterocycles. The summed E-state index contributed by atoms with van der Waals surface area (Å²) in [6.07, 6.45) is 0.132. The molecule has 1 atom stereocenters. The van der Waals surface area contributed by atoms with E-state index in [1.54, 1.807) is 18.2 Å². The highest BCUT2D eigenvalue weighted by Gasteiger charge is 2.06. The zero-order valence-corrected chi connectivity index (χ0v) is 8.31. The van der Waals surface area contributed by atoms with Crippen LogP contribution < -0.4 is 4.74 Å². The first kappa shape index (κ1) is 11.0. The van der Waals surface area contributed by atoms with Crippen molar-refractivity contribution < 1.29 is 14.9 Å². The summed E-state index contributed by atoms with van der Waals surface area (Å²) in [5, 5.41) is 18.1. The smallest absolute Gasteiger partial charge is 0.119 e. The second kappa shape index (κ2) is 5.62. The van der Waals surface area contributed by atoms with E-state index in [0.29, 0.717) is 12.2 Å². The summed E-state index contributed by atoms with van der Waals surface area (Å²) >= 11 is 0. The molecule has 1 aromatic carbocycles. The van der Waals surface area contributed by atoms with E-state index >= 15 is 0 Å². The van der Waals surface area contributed by atoms with E-state index in [9.17, 15) is 5.11 Å². The molecule has 0 fully saturated rings. The molecular weight excluding hydrogens is 180 g/mol. The molecule has 1 unspecified atom stereocenters. The minimum Gasteiger partial charge on any atom is -0.494 e. The molecule has 1 rings (SSSR count). The topological polar surface area (TPSA) is 49.7 Å². The Morgan fingerprint density at radius 3 is 2.86 bits per heavy atom. The van der Waals surface area contributed by atoms with E-state index in [2.05, 4.69) is 0 Å². The second-order valence-corrected chi connectivity index (χ2v) is 3.12. The Morgan fingerprint density at radius 2 is 2.21 bits per heavy atom. The van der Waals surface area contributed by atoms with E-state index in [-0.39, 0.29) is 6.61 Å². The molecule has 14 heavy (non-hydrogen) atoms. The molecule has 3 nitrogen and oxygen atoms in total. The predicted molar refractivity (Wildman–Crippen MR) is 54.3 cm³/mol. The Labute approximate surface area is 84.0 Å².